The molecule has 4 nitrogen and oxygen atoms in total. The molecule has 18 heavy (non-hydrogen) atoms. The Morgan fingerprint density at radius 1 is 1.39 bits per heavy atom. The number of nitrogens with zero attached hydrogens (tertiary/aromatic N) is 3. The van der Waals surface area contributed by atoms with E-state index in [4.69, 9.17) is 5.73 Å². The molecule has 0 atom stereocenters. The van der Waals surface area contributed by atoms with Crippen LogP contribution in [0.15, 0.2) is 23.6 Å². The summed E-state index contributed by atoms with van der Waals surface area (Å²) < 4.78 is 15.1. The Kier molecular flexibility index (Phi) is 2.61. The molecule has 2 heterocycles. The van der Waals surface area contributed by atoms with Gasteiger partial charge >= 0.3 is 0 Å². The van der Waals surface area contributed by atoms with Crippen LogP contribution >= 0.6 is 11.3 Å². The van der Waals surface area contributed by atoms with E-state index in [0.717, 1.165) is 27.6 Å². The minimum atomic E-state index is -0.266. The van der Waals surface area contributed by atoms with Gasteiger partial charge in [0.25, 0.3) is 0 Å². The first kappa shape index (κ1) is 11.3. The number of halogens is 1. The second-order valence-corrected chi connectivity index (χ2v) is 4.90. The van der Waals surface area contributed by atoms with Crippen molar-refractivity contribution in [2.24, 2.45) is 12.8 Å². The van der Waals surface area contributed by atoms with Gasteiger partial charge in [0.15, 0.2) is 5.82 Å². The molecule has 0 bridgehead atoms. The number of aromatic nitrogens is 3. The van der Waals surface area contributed by atoms with Crippen LogP contribution in [0.5, 0.6) is 0 Å². The molecule has 0 saturated carbocycles. The lowest BCUT2D eigenvalue weighted by molar-refractivity contribution is 0.629. The van der Waals surface area contributed by atoms with Crippen molar-refractivity contribution in [3.63, 3.8) is 0 Å². The van der Waals surface area contributed by atoms with Gasteiger partial charge in [-0.25, -0.2) is 14.4 Å². The van der Waals surface area contributed by atoms with Crippen LogP contribution in [-0.4, -0.2) is 14.5 Å². The van der Waals surface area contributed by atoms with Crippen LogP contribution in [0.4, 0.5) is 4.39 Å². The number of nitrogens with two attached hydrogens (primary N) is 1. The lowest BCUT2D eigenvalue weighted by atomic mass is 10.3. The van der Waals surface area contributed by atoms with Crippen LogP contribution in [0.3, 0.4) is 0 Å². The van der Waals surface area contributed by atoms with Gasteiger partial charge in [-0.3, -0.25) is 0 Å². The van der Waals surface area contributed by atoms with Crippen molar-refractivity contribution in [1.29, 1.82) is 0 Å². The summed E-state index contributed by atoms with van der Waals surface area (Å²) in [6, 6.07) is 4.55. The number of benzene rings is 1. The first-order valence-corrected chi connectivity index (χ1v) is 6.34. The van der Waals surface area contributed by atoms with E-state index in [1.165, 1.54) is 23.5 Å². The monoisotopic (exact) mass is 262 g/mol. The summed E-state index contributed by atoms with van der Waals surface area (Å²) in [6.07, 6.45) is 0. The zero-order valence-electron chi connectivity index (χ0n) is 9.72. The van der Waals surface area contributed by atoms with Gasteiger partial charge in [0, 0.05) is 19.0 Å². The van der Waals surface area contributed by atoms with Gasteiger partial charge in [0.05, 0.1) is 11.0 Å². The fourth-order valence-electron chi connectivity index (χ4n) is 1.90. The minimum Gasteiger partial charge on any atom is -0.326 e. The number of fused-ring (bicyclic) bond motifs is 1. The van der Waals surface area contributed by atoms with Gasteiger partial charge in [0.1, 0.15) is 16.5 Å². The minimum absolute atomic E-state index is 0.266. The normalized spacial score (nSPS) is 11.3. The molecule has 0 radical (unpaired) electrons. The van der Waals surface area contributed by atoms with Gasteiger partial charge in [-0.15, -0.1) is 11.3 Å². The summed E-state index contributed by atoms with van der Waals surface area (Å²) in [5, 5.41) is 2.78. The highest BCUT2D eigenvalue weighted by molar-refractivity contribution is 7.09. The Bertz CT molecular complexity index is 716. The molecule has 0 aliphatic rings. The maximum Gasteiger partial charge on any atom is 0.160 e. The van der Waals surface area contributed by atoms with Crippen molar-refractivity contribution in [1.82, 2.24) is 14.5 Å². The molecule has 92 valence electrons. The number of thiazole rings is 1. The highest BCUT2D eigenvalue weighted by Gasteiger charge is 2.13. The second-order valence-electron chi connectivity index (χ2n) is 3.96. The molecule has 0 aliphatic heterocycles. The molecular weight excluding hydrogens is 251 g/mol. The Balaban J connectivity index is 2.20. The molecule has 2 aromatic heterocycles. The first-order valence-electron chi connectivity index (χ1n) is 5.46. The number of hydrogen-bond acceptors (Lipinski definition) is 4. The van der Waals surface area contributed by atoms with Crippen LogP contribution < -0.4 is 5.73 Å². The quantitative estimate of drug-likeness (QED) is 0.771. The summed E-state index contributed by atoms with van der Waals surface area (Å²) in [5.41, 5.74) is 7.84. The summed E-state index contributed by atoms with van der Waals surface area (Å²) in [7, 11) is 1.85. The van der Waals surface area contributed by atoms with Gasteiger partial charge in [-0.05, 0) is 18.2 Å². The summed E-state index contributed by atoms with van der Waals surface area (Å²) >= 11 is 1.50. The average molecular weight is 262 g/mol. The van der Waals surface area contributed by atoms with Gasteiger partial charge in [-0.1, -0.05) is 0 Å². The van der Waals surface area contributed by atoms with E-state index in [1.54, 1.807) is 6.07 Å². The largest absolute Gasteiger partial charge is 0.326 e. The fourth-order valence-corrected chi connectivity index (χ4v) is 2.55. The van der Waals surface area contributed by atoms with E-state index in [1.807, 2.05) is 17.0 Å². The molecular formula is C12H11FN4S. The van der Waals surface area contributed by atoms with E-state index < -0.39 is 0 Å². The van der Waals surface area contributed by atoms with E-state index in [9.17, 15) is 4.39 Å². The molecule has 0 fully saturated rings. The molecule has 1 aromatic carbocycles. The van der Waals surface area contributed by atoms with Gasteiger partial charge < -0.3 is 10.3 Å². The molecule has 2 N–H and O–H groups in total. The fraction of sp³-hybridized carbons (Fsp3) is 0.167. The Morgan fingerprint density at radius 3 is 2.94 bits per heavy atom. The third-order valence-electron chi connectivity index (χ3n) is 2.80. The Labute approximate surface area is 107 Å². The molecule has 0 amide bonds. The lowest BCUT2D eigenvalue weighted by Crippen LogP contribution is -1.96. The molecule has 0 aliphatic carbocycles. The Hall–Kier alpha value is -1.79. The van der Waals surface area contributed by atoms with Gasteiger partial charge in [-0.2, -0.15) is 0 Å². The van der Waals surface area contributed by atoms with E-state index in [-0.39, 0.29) is 5.82 Å². The van der Waals surface area contributed by atoms with E-state index >= 15 is 0 Å². The van der Waals surface area contributed by atoms with Crippen molar-refractivity contribution in [3.8, 4) is 11.5 Å². The molecule has 3 aromatic rings. The van der Waals surface area contributed by atoms with Crippen molar-refractivity contribution < 1.29 is 4.39 Å². The molecule has 0 spiro atoms. The molecule has 0 unspecified atom stereocenters. The number of imidazole rings is 1. The van der Waals surface area contributed by atoms with Crippen LogP contribution in [0, 0.1) is 5.82 Å². The smallest absolute Gasteiger partial charge is 0.160 e. The number of rotatable bonds is 2. The predicted molar refractivity (Wildman–Crippen MR) is 69.7 cm³/mol. The SMILES string of the molecule is Cn1c(-c2csc(CN)n2)nc2ccc(F)cc21. The maximum atomic E-state index is 13.2. The standard InChI is InChI=1S/C12H11FN4S/c1-17-10-4-7(13)2-3-8(10)16-12(17)9-6-18-11(5-14)15-9/h2-4,6H,5,14H2,1H3. The Morgan fingerprint density at radius 2 is 2.22 bits per heavy atom. The summed E-state index contributed by atoms with van der Waals surface area (Å²) in [4.78, 5) is 8.86. The highest BCUT2D eigenvalue weighted by atomic mass is 32.1. The average Bonchev–Trinajstić information content (AvgIpc) is 2.95. The molecule has 3 rings (SSSR count). The van der Waals surface area contributed by atoms with E-state index in [2.05, 4.69) is 9.97 Å². The van der Waals surface area contributed by atoms with Crippen molar-refractivity contribution in [3.05, 3.63) is 34.4 Å². The highest BCUT2D eigenvalue weighted by Crippen LogP contribution is 2.25. The summed E-state index contributed by atoms with van der Waals surface area (Å²) in [5.74, 6) is 0.463. The third kappa shape index (κ3) is 1.70. The zero-order chi connectivity index (χ0) is 12.7. The van der Waals surface area contributed by atoms with Crippen molar-refractivity contribution in [2.45, 2.75) is 6.54 Å². The molecule has 6 heteroatoms. The van der Waals surface area contributed by atoms with Crippen LogP contribution in [0.2, 0.25) is 0 Å². The number of aryl methyl sites for hydroxylation is 1. The third-order valence-corrected chi connectivity index (χ3v) is 3.67. The maximum absolute atomic E-state index is 13.2. The number of hydrogen-bond donors (Lipinski definition) is 1. The topological polar surface area (TPSA) is 56.7 Å². The van der Waals surface area contributed by atoms with Crippen molar-refractivity contribution in [2.75, 3.05) is 0 Å². The molecule has 0 saturated heterocycles. The predicted octanol–water partition coefficient (Wildman–Crippen LogP) is 2.29. The van der Waals surface area contributed by atoms with Crippen LogP contribution in [0.25, 0.3) is 22.6 Å². The van der Waals surface area contributed by atoms with E-state index in [0.29, 0.717) is 6.54 Å². The van der Waals surface area contributed by atoms with Crippen molar-refractivity contribution >= 4 is 22.4 Å². The van der Waals surface area contributed by atoms with Gasteiger partial charge in [0.2, 0.25) is 0 Å². The lowest BCUT2D eigenvalue weighted by Gasteiger charge is -1.98. The second kappa shape index (κ2) is 4.15. The van der Waals surface area contributed by atoms with Crippen LogP contribution in [0.1, 0.15) is 5.01 Å². The van der Waals surface area contributed by atoms with Crippen LogP contribution in [-0.2, 0) is 13.6 Å². The zero-order valence-corrected chi connectivity index (χ0v) is 10.5. The summed E-state index contributed by atoms with van der Waals surface area (Å²) in [6.45, 7) is 0.420. The first-order chi connectivity index (χ1) is 8.69.